The standard InChI is InChI=1S/C21H18F3N3O2/c1-12-6-7-17(8-13(12)2)27-11-15(10-18(27)28)20-25-19(26-29-20)14-4-3-5-16(9-14)21(22,23)24/h3-9,15H,10-11H2,1-2H3/t15-/m1/s1. The molecule has 5 nitrogen and oxygen atoms in total. The summed E-state index contributed by atoms with van der Waals surface area (Å²) in [5.74, 6) is -0.0477. The Balaban J connectivity index is 1.56. The van der Waals surface area contributed by atoms with Crippen molar-refractivity contribution in [3.8, 4) is 11.4 Å². The number of hydrogen-bond acceptors (Lipinski definition) is 4. The minimum Gasteiger partial charge on any atom is -0.339 e. The van der Waals surface area contributed by atoms with E-state index in [0.717, 1.165) is 28.9 Å². The fourth-order valence-corrected chi connectivity index (χ4v) is 3.37. The minimum atomic E-state index is -4.45. The third kappa shape index (κ3) is 3.74. The molecule has 0 bridgehead atoms. The van der Waals surface area contributed by atoms with Crippen molar-refractivity contribution >= 4 is 11.6 Å². The fourth-order valence-electron chi connectivity index (χ4n) is 3.37. The van der Waals surface area contributed by atoms with Crippen molar-refractivity contribution in [3.05, 3.63) is 65.0 Å². The Bertz CT molecular complexity index is 1080. The molecule has 1 aromatic heterocycles. The minimum absolute atomic E-state index is 0.0583. The topological polar surface area (TPSA) is 59.2 Å². The summed E-state index contributed by atoms with van der Waals surface area (Å²) >= 11 is 0. The Morgan fingerprint density at radius 2 is 1.90 bits per heavy atom. The predicted molar refractivity (Wildman–Crippen MR) is 100 cm³/mol. The molecule has 1 fully saturated rings. The van der Waals surface area contributed by atoms with Crippen LogP contribution in [0.1, 0.15) is 34.9 Å². The van der Waals surface area contributed by atoms with Crippen molar-refractivity contribution < 1.29 is 22.5 Å². The van der Waals surface area contributed by atoms with Crippen LogP contribution in [0.4, 0.5) is 18.9 Å². The zero-order valence-electron chi connectivity index (χ0n) is 15.8. The highest BCUT2D eigenvalue weighted by atomic mass is 19.4. The van der Waals surface area contributed by atoms with E-state index in [1.165, 1.54) is 12.1 Å². The van der Waals surface area contributed by atoms with Gasteiger partial charge >= 0.3 is 6.18 Å². The molecular formula is C21H18F3N3O2. The number of amides is 1. The lowest BCUT2D eigenvalue weighted by Crippen LogP contribution is -2.24. The molecule has 0 saturated carbocycles. The van der Waals surface area contributed by atoms with Gasteiger partial charge in [-0.1, -0.05) is 23.4 Å². The van der Waals surface area contributed by atoms with E-state index >= 15 is 0 Å². The molecule has 2 aromatic carbocycles. The fraction of sp³-hybridized carbons (Fsp3) is 0.286. The molecule has 1 atom stereocenters. The molecule has 1 aliphatic rings. The second-order valence-electron chi connectivity index (χ2n) is 7.21. The van der Waals surface area contributed by atoms with Crippen LogP contribution in [0.15, 0.2) is 47.0 Å². The second kappa shape index (κ2) is 7.02. The molecule has 0 unspecified atom stereocenters. The third-order valence-electron chi connectivity index (χ3n) is 5.17. The molecule has 0 radical (unpaired) electrons. The molecule has 8 heteroatoms. The quantitative estimate of drug-likeness (QED) is 0.627. The van der Waals surface area contributed by atoms with Gasteiger partial charge in [0, 0.05) is 24.2 Å². The normalized spacial score (nSPS) is 17.2. The van der Waals surface area contributed by atoms with Crippen molar-refractivity contribution in [1.29, 1.82) is 0 Å². The van der Waals surface area contributed by atoms with Gasteiger partial charge in [0.2, 0.25) is 17.6 Å². The van der Waals surface area contributed by atoms with Gasteiger partial charge in [-0.15, -0.1) is 0 Å². The summed E-state index contributed by atoms with van der Waals surface area (Å²) in [4.78, 5) is 18.4. The smallest absolute Gasteiger partial charge is 0.339 e. The maximum Gasteiger partial charge on any atom is 0.416 e. The van der Waals surface area contributed by atoms with Gasteiger partial charge < -0.3 is 9.42 Å². The molecule has 4 rings (SSSR count). The maximum absolute atomic E-state index is 12.9. The van der Waals surface area contributed by atoms with Gasteiger partial charge in [0.05, 0.1) is 11.5 Å². The first-order chi connectivity index (χ1) is 13.7. The highest BCUT2D eigenvalue weighted by molar-refractivity contribution is 5.96. The Kier molecular flexibility index (Phi) is 4.64. The van der Waals surface area contributed by atoms with Crippen molar-refractivity contribution in [2.24, 2.45) is 0 Å². The largest absolute Gasteiger partial charge is 0.416 e. The predicted octanol–water partition coefficient (Wildman–Crippen LogP) is 4.89. The van der Waals surface area contributed by atoms with Crippen LogP contribution in [0.25, 0.3) is 11.4 Å². The Morgan fingerprint density at radius 1 is 1.10 bits per heavy atom. The summed E-state index contributed by atoms with van der Waals surface area (Å²) in [6, 6.07) is 10.6. The molecule has 0 aliphatic carbocycles. The first kappa shape index (κ1) is 19.2. The third-order valence-corrected chi connectivity index (χ3v) is 5.17. The van der Waals surface area contributed by atoms with Gasteiger partial charge in [-0.3, -0.25) is 4.79 Å². The molecule has 0 N–H and O–H groups in total. The summed E-state index contributed by atoms with van der Waals surface area (Å²) < 4.78 is 44.1. The highest BCUT2D eigenvalue weighted by Gasteiger charge is 2.35. The van der Waals surface area contributed by atoms with Gasteiger partial charge in [-0.05, 0) is 49.2 Å². The van der Waals surface area contributed by atoms with Crippen LogP contribution in [-0.2, 0) is 11.0 Å². The van der Waals surface area contributed by atoms with Gasteiger partial charge in [0.25, 0.3) is 0 Å². The SMILES string of the molecule is Cc1ccc(N2C[C@H](c3nc(-c4cccc(C(F)(F)F)c4)no3)CC2=O)cc1C. The first-order valence-electron chi connectivity index (χ1n) is 9.11. The molecule has 29 heavy (non-hydrogen) atoms. The monoisotopic (exact) mass is 401 g/mol. The molecule has 3 aromatic rings. The van der Waals surface area contributed by atoms with E-state index in [0.29, 0.717) is 6.54 Å². The lowest BCUT2D eigenvalue weighted by molar-refractivity contribution is -0.137. The van der Waals surface area contributed by atoms with Gasteiger partial charge in [-0.25, -0.2) is 0 Å². The number of halogens is 3. The van der Waals surface area contributed by atoms with E-state index in [9.17, 15) is 18.0 Å². The number of rotatable bonds is 3. The number of aryl methyl sites for hydroxylation is 2. The number of nitrogens with zero attached hydrogens (tertiary/aromatic N) is 3. The number of alkyl halides is 3. The molecule has 1 amide bonds. The molecule has 2 heterocycles. The molecule has 150 valence electrons. The highest BCUT2D eigenvalue weighted by Crippen LogP contribution is 2.34. The van der Waals surface area contributed by atoms with E-state index in [1.54, 1.807) is 4.90 Å². The van der Waals surface area contributed by atoms with E-state index in [4.69, 9.17) is 4.52 Å². The summed E-state index contributed by atoms with van der Waals surface area (Å²) in [7, 11) is 0. The Hall–Kier alpha value is -3.16. The number of benzene rings is 2. The number of anilines is 1. The number of carbonyl (C=O) groups is 1. The van der Waals surface area contributed by atoms with Gasteiger partial charge in [0.15, 0.2) is 0 Å². The Labute approximate surface area is 165 Å². The van der Waals surface area contributed by atoms with Crippen LogP contribution >= 0.6 is 0 Å². The van der Waals surface area contributed by atoms with Gasteiger partial charge in [0.1, 0.15) is 0 Å². The number of carbonyl (C=O) groups excluding carboxylic acids is 1. The summed E-state index contributed by atoms with van der Waals surface area (Å²) in [6.45, 7) is 4.36. The van der Waals surface area contributed by atoms with Gasteiger partial charge in [-0.2, -0.15) is 18.2 Å². The van der Waals surface area contributed by atoms with E-state index in [-0.39, 0.29) is 35.5 Å². The molecule has 1 aliphatic heterocycles. The zero-order chi connectivity index (χ0) is 20.8. The lowest BCUT2D eigenvalue weighted by atomic mass is 10.1. The average molecular weight is 401 g/mol. The second-order valence-corrected chi connectivity index (χ2v) is 7.21. The Morgan fingerprint density at radius 3 is 2.62 bits per heavy atom. The lowest BCUT2D eigenvalue weighted by Gasteiger charge is -2.17. The molecule has 1 saturated heterocycles. The van der Waals surface area contributed by atoms with Crippen molar-refractivity contribution in [3.63, 3.8) is 0 Å². The summed E-state index contributed by atoms with van der Waals surface area (Å²) in [5.41, 5.74) is 2.46. The van der Waals surface area contributed by atoms with Crippen LogP contribution in [0.2, 0.25) is 0 Å². The van der Waals surface area contributed by atoms with Crippen LogP contribution in [-0.4, -0.2) is 22.6 Å². The maximum atomic E-state index is 12.9. The van der Waals surface area contributed by atoms with E-state index < -0.39 is 11.7 Å². The zero-order valence-corrected chi connectivity index (χ0v) is 15.8. The van der Waals surface area contributed by atoms with Crippen LogP contribution in [0, 0.1) is 13.8 Å². The first-order valence-corrected chi connectivity index (χ1v) is 9.11. The van der Waals surface area contributed by atoms with E-state index in [2.05, 4.69) is 10.1 Å². The number of hydrogen-bond donors (Lipinski definition) is 0. The van der Waals surface area contributed by atoms with Crippen molar-refractivity contribution in [2.75, 3.05) is 11.4 Å². The number of aromatic nitrogens is 2. The average Bonchev–Trinajstić information content (AvgIpc) is 3.30. The van der Waals surface area contributed by atoms with Crippen molar-refractivity contribution in [1.82, 2.24) is 10.1 Å². The molecule has 0 spiro atoms. The summed E-state index contributed by atoms with van der Waals surface area (Å²) in [6.07, 6.45) is -4.25. The van der Waals surface area contributed by atoms with E-state index in [1.807, 2.05) is 32.0 Å². The summed E-state index contributed by atoms with van der Waals surface area (Å²) in [5, 5.41) is 3.82. The van der Waals surface area contributed by atoms with Crippen LogP contribution in [0.3, 0.4) is 0 Å². The van der Waals surface area contributed by atoms with Crippen molar-refractivity contribution in [2.45, 2.75) is 32.4 Å². The molecular weight excluding hydrogens is 383 g/mol. The van der Waals surface area contributed by atoms with Crippen LogP contribution in [0.5, 0.6) is 0 Å². The van der Waals surface area contributed by atoms with Crippen LogP contribution < -0.4 is 4.90 Å².